The Labute approximate surface area is 262 Å². The SMILES string of the molecule is Cc1ccc(S(=O)(=O)N(CC(=O)N(Cc2ccc(Cl)c(Cl)c2)[C@H](C)C(=O)NC2CCCC2)c2ccc(Cl)cc2C)cc1. The number of benzene rings is 3. The van der Waals surface area contributed by atoms with Crippen LogP contribution in [-0.2, 0) is 26.2 Å². The van der Waals surface area contributed by atoms with Crippen LogP contribution in [0.2, 0.25) is 15.1 Å². The minimum absolute atomic E-state index is 0.0208. The topological polar surface area (TPSA) is 86.8 Å². The predicted molar refractivity (Wildman–Crippen MR) is 169 cm³/mol. The fraction of sp³-hybridized carbons (Fsp3) is 0.355. The van der Waals surface area contributed by atoms with E-state index >= 15 is 0 Å². The molecule has 4 rings (SSSR count). The number of rotatable bonds is 10. The van der Waals surface area contributed by atoms with Crippen LogP contribution in [0.25, 0.3) is 0 Å². The molecule has 3 aromatic carbocycles. The van der Waals surface area contributed by atoms with Crippen molar-refractivity contribution in [1.82, 2.24) is 10.2 Å². The van der Waals surface area contributed by atoms with Crippen molar-refractivity contribution in [3.63, 3.8) is 0 Å². The third kappa shape index (κ3) is 7.59. The lowest BCUT2D eigenvalue weighted by Crippen LogP contribution is -2.52. The fourth-order valence-electron chi connectivity index (χ4n) is 5.06. The molecule has 0 aliphatic heterocycles. The maximum atomic E-state index is 14.1. The van der Waals surface area contributed by atoms with Crippen LogP contribution in [0.15, 0.2) is 65.6 Å². The van der Waals surface area contributed by atoms with Crippen LogP contribution in [0.3, 0.4) is 0 Å². The molecule has 0 aromatic heterocycles. The van der Waals surface area contributed by atoms with Gasteiger partial charge in [0.15, 0.2) is 0 Å². The van der Waals surface area contributed by atoms with Crippen molar-refractivity contribution in [2.75, 3.05) is 10.8 Å². The molecule has 1 N–H and O–H groups in total. The Hall–Kier alpha value is -2.78. The highest BCUT2D eigenvalue weighted by Crippen LogP contribution is 2.30. The summed E-state index contributed by atoms with van der Waals surface area (Å²) in [5, 5.41) is 4.16. The Morgan fingerprint density at radius 1 is 0.929 bits per heavy atom. The zero-order valence-corrected chi connectivity index (χ0v) is 26.8. The average Bonchev–Trinajstić information content (AvgIpc) is 3.45. The average molecular weight is 651 g/mol. The van der Waals surface area contributed by atoms with Gasteiger partial charge in [-0.2, -0.15) is 0 Å². The van der Waals surface area contributed by atoms with Gasteiger partial charge in [0, 0.05) is 17.6 Å². The highest BCUT2D eigenvalue weighted by atomic mass is 35.5. The molecule has 2 amide bonds. The van der Waals surface area contributed by atoms with Gasteiger partial charge in [0.05, 0.1) is 20.6 Å². The van der Waals surface area contributed by atoms with Gasteiger partial charge < -0.3 is 10.2 Å². The molecule has 1 saturated carbocycles. The number of halogens is 3. The summed E-state index contributed by atoms with van der Waals surface area (Å²) >= 11 is 18.5. The first-order valence-electron chi connectivity index (χ1n) is 13.8. The summed E-state index contributed by atoms with van der Waals surface area (Å²) in [6.07, 6.45) is 3.85. The molecule has 7 nitrogen and oxygen atoms in total. The molecule has 42 heavy (non-hydrogen) atoms. The first-order chi connectivity index (χ1) is 19.9. The fourth-order valence-corrected chi connectivity index (χ4v) is 7.08. The molecule has 3 aromatic rings. The van der Waals surface area contributed by atoms with Crippen LogP contribution >= 0.6 is 34.8 Å². The molecule has 1 atom stereocenters. The van der Waals surface area contributed by atoms with E-state index in [0.29, 0.717) is 31.9 Å². The molecule has 224 valence electrons. The molecule has 1 aliphatic rings. The standard InChI is InChI=1S/C31H34Cl3N3O4S/c1-20-8-12-26(13-9-20)42(40,41)37(29-15-11-24(32)16-21(29)2)19-30(38)36(18-23-10-14-27(33)28(34)17-23)22(3)31(39)35-25-6-4-5-7-25/h8-17,22,25H,4-7,18-19H2,1-3H3,(H,35,39)/t22-/m1/s1. The first-order valence-corrected chi connectivity index (χ1v) is 16.3. The number of hydrogen-bond acceptors (Lipinski definition) is 4. The zero-order chi connectivity index (χ0) is 30.6. The van der Waals surface area contributed by atoms with Crippen molar-refractivity contribution >= 4 is 62.3 Å². The lowest BCUT2D eigenvalue weighted by molar-refractivity contribution is -0.139. The van der Waals surface area contributed by atoms with Gasteiger partial charge in [-0.3, -0.25) is 13.9 Å². The highest BCUT2D eigenvalue weighted by Gasteiger charge is 2.34. The number of nitrogens with zero attached hydrogens (tertiary/aromatic N) is 2. The zero-order valence-electron chi connectivity index (χ0n) is 23.7. The van der Waals surface area contributed by atoms with Crippen LogP contribution in [0, 0.1) is 13.8 Å². The summed E-state index contributed by atoms with van der Waals surface area (Å²) in [6, 6.07) is 15.4. The van der Waals surface area contributed by atoms with Crippen LogP contribution in [-0.4, -0.2) is 43.8 Å². The maximum Gasteiger partial charge on any atom is 0.264 e. The van der Waals surface area contributed by atoms with E-state index in [-0.39, 0.29) is 23.4 Å². The molecular formula is C31H34Cl3N3O4S. The number of carbonyl (C=O) groups excluding carboxylic acids is 2. The van der Waals surface area contributed by atoms with Gasteiger partial charge in [-0.1, -0.05) is 71.4 Å². The Kier molecular flexibility index (Phi) is 10.5. The van der Waals surface area contributed by atoms with Gasteiger partial charge in [-0.15, -0.1) is 0 Å². The van der Waals surface area contributed by atoms with Gasteiger partial charge in [-0.05, 0) is 87.2 Å². The number of amides is 2. The van der Waals surface area contributed by atoms with Crippen molar-refractivity contribution in [2.24, 2.45) is 0 Å². The molecule has 11 heteroatoms. The van der Waals surface area contributed by atoms with Crippen LogP contribution in [0.5, 0.6) is 0 Å². The van der Waals surface area contributed by atoms with E-state index in [2.05, 4.69) is 5.32 Å². The van der Waals surface area contributed by atoms with Crippen molar-refractivity contribution in [2.45, 2.75) is 70.0 Å². The number of carbonyl (C=O) groups is 2. The molecule has 0 unspecified atom stereocenters. The highest BCUT2D eigenvalue weighted by molar-refractivity contribution is 7.92. The number of hydrogen-bond donors (Lipinski definition) is 1. The summed E-state index contributed by atoms with van der Waals surface area (Å²) in [5.74, 6) is -0.855. The van der Waals surface area contributed by atoms with E-state index in [4.69, 9.17) is 34.8 Å². The van der Waals surface area contributed by atoms with Crippen LogP contribution < -0.4 is 9.62 Å². The Balaban J connectivity index is 1.72. The lowest BCUT2D eigenvalue weighted by atomic mass is 10.1. The number of aryl methyl sites for hydroxylation is 2. The van der Waals surface area contributed by atoms with Gasteiger partial charge in [0.1, 0.15) is 12.6 Å². The Morgan fingerprint density at radius 3 is 2.21 bits per heavy atom. The van der Waals surface area contributed by atoms with Gasteiger partial charge in [-0.25, -0.2) is 8.42 Å². The van der Waals surface area contributed by atoms with E-state index < -0.39 is 28.5 Å². The summed E-state index contributed by atoms with van der Waals surface area (Å²) < 4.78 is 29.1. The number of anilines is 1. The quantitative estimate of drug-likeness (QED) is 0.258. The molecule has 0 heterocycles. The van der Waals surface area contributed by atoms with E-state index in [1.165, 1.54) is 17.0 Å². The van der Waals surface area contributed by atoms with Crippen LogP contribution in [0.4, 0.5) is 5.69 Å². The minimum atomic E-state index is -4.18. The Morgan fingerprint density at radius 2 is 1.60 bits per heavy atom. The van der Waals surface area contributed by atoms with Gasteiger partial charge >= 0.3 is 0 Å². The summed E-state index contributed by atoms with van der Waals surface area (Å²) in [4.78, 5) is 28.9. The van der Waals surface area contributed by atoms with Gasteiger partial charge in [0.25, 0.3) is 10.0 Å². The molecule has 1 fully saturated rings. The normalized spacial score (nSPS) is 14.4. The second kappa shape index (κ2) is 13.7. The molecule has 0 spiro atoms. The first kappa shape index (κ1) is 32.1. The summed E-state index contributed by atoms with van der Waals surface area (Å²) in [6.45, 7) is 4.72. The number of sulfonamides is 1. The predicted octanol–water partition coefficient (Wildman–Crippen LogP) is 6.94. The Bertz CT molecular complexity index is 1560. The largest absolute Gasteiger partial charge is 0.352 e. The third-order valence-corrected chi connectivity index (χ3v) is 10.3. The molecule has 0 bridgehead atoms. The second-order valence-corrected chi connectivity index (χ2v) is 13.8. The van der Waals surface area contributed by atoms with Crippen molar-refractivity contribution in [1.29, 1.82) is 0 Å². The van der Waals surface area contributed by atoms with Gasteiger partial charge in [0.2, 0.25) is 11.8 Å². The van der Waals surface area contributed by atoms with E-state index in [1.54, 1.807) is 62.4 Å². The van der Waals surface area contributed by atoms with Crippen molar-refractivity contribution in [3.8, 4) is 0 Å². The second-order valence-electron chi connectivity index (χ2n) is 10.7. The smallest absolute Gasteiger partial charge is 0.264 e. The van der Waals surface area contributed by atoms with E-state index in [1.807, 2.05) is 6.92 Å². The molecule has 0 radical (unpaired) electrons. The summed E-state index contributed by atoms with van der Waals surface area (Å²) in [7, 11) is -4.18. The minimum Gasteiger partial charge on any atom is -0.352 e. The molecular weight excluding hydrogens is 617 g/mol. The lowest BCUT2D eigenvalue weighted by Gasteiger charge is -2.33. The maximum absolute atomic E-state index is 14.1. The number of nitrogens with one attached hydrogen (secondary N) is 1. The van der Waals surface area contributed by atoms with Crippen molar-refractivity contribution in [3.05, 3.63) is 92.4 Å². The van der Waals surface area contributed by atoms with Crippen LogP contribution in [0.1, 0.15) is 49.3 Å². The van der Waals surface area contributed by atoms with E-state index in [0.717, 1.165) is 35.6 Å². The summed E-state index contributed by atoms with van der Waals surface area (Å²) in [5.41, 5.74) is 2.43. The van der Waals surface area contributed by atoms with E-state index in [9.17, 15) is 18.0 Å². The van der Waals surface area contributed by atoms with Crippen molar-refractivity contribution < 1.29 is 18.0 Å². The molecule has 0 saturated heterocycles. The molecule has 1 aliphatic carbocycles. The monoisotopic (exact) mass is 649 g/mol. The third-order valence-electron chi connectivity index (χ3n) is 7.52.